The fourth-order valence-electron chi connectivity index (χ4n) is 1.65. The molecule has 0 radical (unpaired) electrons. The molecular formula is C14H8F3NO2. The Bertz CT molecular complexity index is 684. The molecule has 0 unspecified atom stereocenters. The molecule has 0 aliphatic carbocycles. The van der Waals surface area contributed by atoms with E-state index in [1.165, 1.54) is 12.1 Å². The minimum atomic E-state index is -1.35. The van der Waals surface area contributed by atoms with Crippen LogP contribution in [0.1, 0.15) is 11.1 Å². The first-order valence-electron chi connectivity index (χ1n) is 5.55. The monoisotopic (exact) mass is 279 g/mol. The number of nitrogens with zero attached hydrogens (tertiary/aromatic N) is 1. The second-order valence-corrected chi connectivity index (χ2v) is 3.94. The third-order valence-corrected chi connectivity index (χ3v) is 2.60. The van der Waals surface area contributed by atoms with Crippen molar-refractivity contribution < 1.29 is 18.1 Å². The second-order valence-electron chi connectivity index (χ2n) is 3.94. The standard InChI is InChI=1S/C14H8F3NO2/c15-11-8-13(17)12(16)6-10(11)7-14(18(19)20)9-4-2-1-3-5-9/h1-8H/b14-7+. The third kappa shape index (κ3) is 2.85. The van der Waals surface area contributed by atoms with Crippen molar-refractivity contribution in [3.8, 4) is 0 Å². The highest BCUT2D eigenvalue weighted by Gasteiger charge is 2.16. The van der Waals surface area contributed by atoms with E-state index >= 15 is 0 Å². The molecule has 20 heavy (non-hydrogen) atoms. The molecule has 2 rings (SSSR count). The van der Waals surface area contributed by atoms with Gasteiger partial charge in [0.15, 0.2) is 11.6 Å². The van der Waals surface area contributed by atoms with E-state index in [-0.39, 0.29) is 11.1 Å². The molecule has 0 amide bonds. The van der Waals surface area contributed by atoms with Crippen LogP contribution in [-0.2, 0) is 0 Å². The summed E-state index contributed by atoms with van der Waals surface area (Å²) < 4.78 is 39.4. The Hall–Kier alpha value is -2.63. The van der Waals surface area contributed by atoms with Crippen molar-refractivity contribution in [2.24, 2.45) is 0 Å². The van der Waals surface area contributed by atoms with E-state index in [2.05, 4.69) is 0 Å². The molecule has 0 atom stereocenters. The van der Waals surface area contributed by atoms with Crippen molar-refractivity contribution in [2.45, 2.75) is 0 Å². The van der Waals surface area contributed by atoms with Gasteiger partial charge in [-0.25, -0.2) is 13.2 Å². The molecule has 0 aromatic heterocycles. The number of nitro groups is 1. The normalized spacial score (nSPS) is 11.4. The minimum absolute atomic E-state index is 0.238. The van der Waals surface area contributed by atoms with Gasteiger partial charge >= 0.3 is 0 Å². The number of rotatable bonds is 3. The molecule has 0 bridgehead atoms. The lowest BCUT2D eigenvalue weighted by molar-refractivity contribution is -0.374. The Labute approximate surface area is 112 Å². The van der Waals surface area contributed by atoms with Crippen LogP contribution in [0.3, 0.4) is 0 Å². The zero-order chi connectivity index (χ0) is 14.7. The Morgan fingerprint density at radius 1 is 1.00 bits per heavy atom. The maximum Gasteiger partial charge on any atom is 0.277 e. The van der Waals surface area contributed by atoms with Crippen LogP contribution in [0.15, 0.2) is 42.5 Å². The average Bonchev–Trinajstić information content (AvgIpc) is 2.42. The molecule has 2 aromatic rings. The number of halogens is 3. The first-order chi connectivity index (χ1) is 9.49. The van der Waals surface area contributed by atoms with Gasteiger partial charge in [0, 0.05) is 17.7 Å². The molecule has 0 N–H and O–H groups in total. The van der Waals surface area contributed by atoms with Gasteiger partial charge in [-0.15, -0.1) is 0 Å². The molecule has 6 heteroatoms. The molecule has 0 aliphatic rings. The molecule has 2 aromatic carbocycles. The number of hydrogen-bond acceptors (Lipinski definition) is 2. The topological polar surface area (TPSA) is 43.1 Å². The summed E-state index contributed by atoms with van der Waals surface area (Å²) in [6, 6.07) is 8.68. The Morgan fingerprint density at radius 3 is 2.20 bits per heavy atom. The van der Waals surface area contributed by atoms with Crippen molar-refractivity contribution >= 4 is 11.8 Å². The van der Waals surface area contributed by atoms with Gasteiger partial charge in [0.25, 0.3) is 5.70 Å². The van der Waals surface area contributed by atoms with Gasteiger partial charge in [-0.05, 0) is 18.2 Å². The van der Waals surface area contributed by atoms with E-state index in [1.807, 2.05) is 0 Å². The lowest BCUT2D eigenvalue weighted by Gasteiger charge is -2.01. The molecule has 3 nitrogen and oxygen atoms in total. The maximum atomic E-state index is 13.5. The van der Waals surface area contributed by atoms with Gasteiger partial charge in [-0.2, -0.15) is 0 Å². The van der Waals surface area contributed by atoms with Crippen LogP contribution in [-0.4, -0.2) is 4.92 Å². The minimum Gasteiger partial charge on any atom is -0.258 e. The van der Waals surface area contributed by atoms with E-state index in [0.717, 1.165) is 6.08 Å². The summed E-state index contributed by atoms with van der Waals surface area (Å²) in [7, 11) is 0. The first kappa shape index (κ1) is 13.8. The van der Waals surface area contributed by atoms with Gasteiger partial charge in [-0.3, -0.25) is 10.1 Å². The van der Waals surface area contributed by atoms with E-state index in [0.29, 0.717) is 12.1 Å². The predicted octanol–water partition coefficient (Wildman–Crippen LogP) is 3.88. The van der Waals surface area contributed by atoms with Crippen molar-refractivity contribution in [1.82, 2.24) is 0 Å². The fourth-order valence-corrected chi connectivity index (χ4v) is 1.65. The van der Waals surface area contributed by atoms with Crippen LogP contribution in [0.2, 0.25) is 0 Å². The highest BCUT2D eigenvalue weighted by atomic mass is 19.2. The Kier molecular flexibility index (Phi) is 3.84. The SMILES string of the molecule is O=[N+]([O-])/C(=C/c1cc(F)c(F)cc1F)c1ccccc1. The van der Waals surface area contributed by atoms with Gasteiger partial charge in [0.2, 0.25) is 0 Å². The fraction of sp³-hybridized carbons (Fsp3) is 0. The van der Waals surface area contributed by atoms with Gasteiger partial charge in [-0.1, -0.05) is 18.2 Å². The van der Waals surface area contributed by atoms with Crippen LogP contribution >= 0.6 is 0 Å². The summed E-state index contributed by atoms with van der Waals surface area (Å²) in [5, 5.41) is 11.0. The van der Waals surface area contributed by atoms with Gasteiger partial charge in [0.05, 0.1) is 10.5 Å². The first-order valence-corrected chi connectivity index (χ1v) is 5.55. The van der Waals surface area contributed by atoms with Crippen LogP contribution in [0, 0.1) is 27.6 Å². The molecule has 0 aliphatic heterocycles. The van der Waals surface area contributed by atoms with Crippen LogP contribution in [0.5, 0.6) is 0 Å². The average molecular weight is 279 g/mol. The quantitative estimate of drug-likeness (QED) is 0.370. The molecule has 0 fully saturated rings. The summed E-state index contributed by atoms with van der Waals surface area (Å²) in [6.07, 6.45) is 0.868. The molecular weight excluding hydrogens is 271 g/mol. The molecule has 0 saturated carbocycles. The zero-order valence-electron chi connectivity index (χ0n) is 10.0. The van der Waals surface area contributed by atoms with Crippen molar-refractivity contribution in [3.63, 3.8) is 0 Å². The highest BCUT2D eigenvalue weighted by molar-refractivity contribution is 5.76. The summed E-state index contributed by atoms with van der Waals surface area (Å²) in [6.45, 7) is 0. The molecule has 0 saturated heterocycles. The van der Waals surface area contributed by atoms with Gasteiger partial charge < -0.3 is 0 Å². The molecule has 102 valence electrons. The summed E-state index contributed by atoms with van der Waals surface area (Å²) in [5.74, 6) is -3.69. The molecule has 0 spiro atoms. The maximum absolute atomic E-state index is 13.5. The smallest absolute Gasteiger partial charge is 0.258 e. The largest absolute Gasteiger partial charge is 0.277 e. The lowest BCUT2D eigenvalue weighted by Crippen LogP contribution is -1.99. The Morgan fingerprint density at radius 2 is 1.60 bits per heavy atom. The van der Waals surface area contributed by atoms with E-state index in [1.54, 1.807) is 18.2 Å². The van der Waals surface area contributed by atoms with E-state index in [9.17, 15) is 23.3 Å². The number of hydrogen-bond donors (Lipinski definition) is 0. The van der Waals surface area contributed by atoms with Crippen LogP contribution in [0.25, 0.3) is 11.8 Å². The third-order valence-electron chi connectivity index (χ3n) is 2.60. The summed E-state index contributed by atoms with van der Waals surface area (Å²) >= 11 is 0. The van der Waals surface area contributed by atoms with E-state index in [4.69, 9.17) is 0 Å². The van der Waals surface area contributed by atoms with Crippen LogP contribution in [0.4, 0.5) is 13.2 Å². The van der Waals surface area contributed by atoms with Crippen LogP contribution < -0.4 is 0 Å². The summed E-state index contributed by atoms with van der Waals surface area (Å²) in [5.41, 5.74) is -0.559. The Balaban J connectivity index is 2.56. The molecule has 0 heterocycles. The van der Waals surface area contributed by atoms with Crippen molar-refractivity contribution in [3.05, 3.63) is 81.2 Å². The van der Waals surface area contributed by atoms with Crippen molar-refractivity contribution in [1.29, 1.82) is 0 Å². The highest BCUT2D eigenvalue weighted by Crippen LogP contribution is 2.22. The number of benzene rings is 2. The predicted molar refractivity (Wildman–Crippen MR) is 67.6 cm³/mol. The van der Waals surface area contributed by atoms with E-state index < -0.39 is 28.1 Å². The lowest BCUT2D eigenvalue weighted by atomic mass is 10.1. The zero-order valence-corrected chi connectivity index (χ0v) is 10.0. The van der Waals surface area contributed by atoms with Gasteiger partial charge in [0.1, 0.15) is 5.82 Å². The second kappa shape index (κ2) is 5.56. The van der Waals surface area contributed by atoms with Crippen molar-refractivity contribution in [2.75, 3.05) is 0 Å². The summed E-state index contributed by atoms with van der Waals surface area (Å²) in [4.78, 5) is 10.3.